The zero-order chi connectivity index (χ0) is 18.5. The Hall–Kier alpha value is -3.21. The van der Waals surface area contributed by atoms with Crippen molar-refractivity contribution in [3.63, 3.8) is 0 Å². The summed E-state index contributed by atoms with van der Waals surface area (Å²) in [5, 5.41) is 5.92. The van der Waals surface area contributed by atoms with Gasteiger partial charge in [-0.1, -0.05) is 32.0 Å². The van der Waals surface area contributed by atoms with E-state index in [4.69, 9.17) is 0 Å². The van der Waals surface area contributed by atoms with Crippen molar-refractivity contribution in [2.45, 2.75) is 19.8 Å². The maximum Gasteiger partial charge on any atom is 0.255 e. The van der Waals surface area contributed by atoms with E-state index in [1.54, 1.807) is 24.4 Å². The van der Waals surface area contributed by atoms with Gasteiger partial charge in [0.1, 0.15) is 11.6 Å². The first-order valence-electron chi connectivity index (χ1n) is 8.41. The molecule has 5 heteroatoms. The predicted octanol–water partition coefficient (Wildman–Crippen LogP) is 5.34. The number of nitrogens with one attached hydrogen (secondary N) is 2. The van der Waals surface area contributed by atoms with E-state index >= 15 is 0 Å². The normalized spacial score (nSPS) is 10.6. The van der Waals surface area contributed by atoms with Crippen LogP contribution in [0, 0.1) is 5.82 Å². The summed E-state index contributed by atoms with van der Waals surface area (Å²) in [5.41, 5.74) is 3.02. The zero-order valence-corrected chi connectivity index (χ0v) is 14.7. The molecule has 3 aromatic rings. The van der Waals surface area contributed by atoms with Gasteiger partial charge >= 0.3 is 0 Å². The lowest BCUT2D eigenvalue weighted by Gasteiger charge is -2.10. The van der Waals surface area contributed by atoms with Crippen molar-refractivity contribution in [2.75, 3.05) is 10.6 Å². The average molecular weight is 349 g/mol. The number of halogens is 1. The van der Waals surface area contributed by atoms with Crippen molar-refractivity contribution in [3.05, 3.63) is 83.8 Å². The van der Waals surface area contributed by atoms with Gasteiger partial charge in [0.05, 0.1) is 11.9 Å². The molecular weight excluding hydrogens is 329 g/mol. The van der Waals surface area contributed by atoms with Crippen LogP contribution in [0.25, 0.3) is 0 Å². The molecule has 26 heavy (non-hydrogen) atoms. The van der Waals surface area contributed by atoms with Crippen LogP contribution in [0.3, 0.4) is 0 Å². The highest BCUT2D eigenvalue weighted by atomic mass is 19.1. The van der Waals surface area contributed by atoms with Gasteiger partial charge in [-0.25, -0.2) is 9.37 Å². The van der Waals surface area contributed by atoms with E-state index in [1.165, 1.54) is 23.8 Å². The summed E-state index contributed by atoms with van der Waals surface area (Å²) in [6.07, 6.45) is 1.56. The van der Waals surface area contributed by atoms with Crippen LogP contribution in [0.1, 0.15) is 35.7 Å². The van der Waals surface area contributed by atoms with Gasteiger partial charge in [0.2, 0.25) is 0 Å². The Labute approximate surface area is 152 Å². The lowest BCUT2D eigenvalue weighted by molar-refractivity contribution is 0.102. The Morgan fingerprint density at radius 2 is 1.73 bits per heavy atom. The zero-order valence-electron chi connectivity index (χ0n) is 14.7. The summed E-state index contributed by atoms with van der Waals surface area (Å²) in [4.78, 5) is 16.4. The number of nitrogens with zero attached hydrogens (tertiary/aromatic N) is 1. The lowest BCUT2D eigenvalue weighted by Crippen LogP contribution is -2.12. The van der Waals surface area contributed by atoms with Gasteiger partial charge in [-0.05, 0) is 53.9 Å². The number of amides is 1. The van der Waals surface area contributed by atoms with Crippen LogP contribution in [0.2, 0.25) is 0 Å². The third kappa shape index (κ3) is 4.45. The second-order valence-corrected chi connectivity index (χ2v) is 6.30. The minimum absolute atomic E-state index is 0.262. The lowest BCUT2D eigenvalue weighted by atomic mass is 10.0. The van der Waals surface area contributed by atoms with Crippen LogP contribution in [0.15, 0.2) is 66.9 Å². The molecule has 0 bridgehead atoms. The first-order valence-corrected chi connectivity index (χ1v) is 8.41. The van der Waals surface area contributed by atoms with Gasteiger partial charge in [-0.2, -0.15) is 0 Å². The summed E-state index contributed by atoms with van der Waals surface area (Å²) in [6, 6.07) is 17.3. The number of hydrogen-bond acceptors (Lipinski definition) is 3. The Morgan fingerprint density at radius 3 is 2.35 bits per heavy atom. The molecule has 0 aliphatic carbocycles. The highest BCUT2D eigenvalue weighted by Gasteiger charge is 2.07. The van der Waals surface area contributed by atoms with Crippen molar-refractivity contribution >= 4 is 23.1 Å². The van der Waals surface area contributed by atoms with E-state index in [0.29, 0.717) is 17.4 Å². The maximum atomic E-state index is 13.2. The first kappa shape index (κ1) is 17.6. The highest BCUT2D eigenvalue weighted by Crippen LogP contribution is 2.20. The second kappa shape index (κ2) is 7.78. The van der Waals surface area contributed by atoms with E-state index in [9.17, 15) is 9.18 Å². The van der Waals surface area contributed by atoms with Crippen molar-refractivity contribution in [2.24, 2.45) is 0 Å². The molecule has 0 radical (unpaired) electrons. The van der Waals surface area contributed by atoms with Crippen LogP contribution in [-0.2, 0) is 0 Å². The van der Waals surface area contributed by atoms with Crippen LogP contribution in [0.5, 0.6) is 0 Å². The largest absolute Gasteiger partial charge is 0.340 e. The molecule has 132 valence electrons. The van der Waals surface area contributed by atoms with Gasteiger partial charge in [-0.15, -0.1) is 0 Å². The summed E-state index contributed by atoms with van der Waals surface area (Å²) in [7, 11) is 0. The van der Waals surface area contributed by atoms with Crippen LogP contribution >= 0.6 is 0 Å². The number of carbonyl (C=O) groups excluding carboxylic acids is 1. The number of carbonyl (C=O) groups is 1. The fourth-order valence-corrected chi connectivity index (χ4v) is 2.47. The standard InChI is InChI=1S/C21H20FN3O/c1-14(2)15-6-8-18(9-7-15)24-20-11-10-19(13-23-20)25-21(26)16-4-3-5-17(22)12-16/h3-14H,1-2H3,(H,23,24)(H,25,26). The number of aromatic nitrogens is 1. The highest BCUT2D eigenvalue weighted by molar-refractivity contribution is 6.04. The smallest absolute Gasteiger partial charge is 0.255 e. The molecular formula is C21H20FN3O. The van der Waals surface area contributed by atoms with Gasteiger partial charge < -0.3 is 10.6 Å². The molecule has 3 rings (SSSR count). The Bertz CT molecular complexity index is 890. The van der Waals surface area contributed by atoms with E-state index in [2.05, 4.69) is 41.6 Å². The molecule has 0 unspecified atom stereocenters. The number of benzene rings is 2. The average Bonchev–Trinajstić information content (AvgIpc) is 2.64. The van der Waals surface area contributed by atoms with Crippen LogP contribution < -0.4 is 10.6 Å². The SMILES string of the molecule is CC(C)c1ccc(Nc2ccc(NC(=O)c3cccc(F)c3)cn2)cc1. The van der Waals surface area contributed by atoms with E-state index in [1.807, 2.05) is 12.1 Å². The molecule has 0 aliphatic heterocycles. The number of anilines is 3. The number of pyridine rings is 1. The van der Waals surface area contributed by atoms with Gasteiger partial charge in [0, 0.05) is 11.3 Å². The second-order valence-electron chi connectivity index (χ2n) is 6.30. The monoisotopic (exact) mass is 349 g/mol. The fraction of sp³-hybridized carbons (Fsp3) is 0.143. The quantitative estimate of drug-likeness (QED) is 0.654. The molecule has 2 N–H and O–H groups in total. The van der Waals surface area contributed by atoms with Gasteiger partial charge in [-0.3, -0.25) is 4.79 Å². The third-order valence-electron chi connectivity index (χ3n) is 3.96. The number of rotatable bonds is 5. The first-order chi connectivity index (χ1) is 12.5. The Kier molecular flexibility index (Phi) is 5.27. The fourth-order valence-electron chi connectivity index (χ4n) is 2.47. The molecule has 1 heterocycles. The van der Waals surface area contributed by atoms with Gasteiger partial charge in [0.25, 0.3) is 5.91 Å². The molecule has 0 saturated carbocycles. The van der Waals surface area contributed by atoms with Crippen LogP contribution in [0.4, 0.5) is 21.6 Å². The van der Waals surface area contributed by atoms with Crippen molar-refractivity contribution in [1.29, 1.82) is 0 Å². The van der Waals surface area contributed by atoms with Gasteiger partial charge in [0.15, 0.2) is 0 Å². The molecule has 0 atom stereocenters. The minimum atomic E-state index is -0.446. The molecule has 0 aliphatic rings. The summed E-state index contributed by atoms with van der Waals surface area (Å²) in [5.74, 6) is 0.337. The predicted molar refractivity (Wildman–Crippen MR) is 102 cm³/mol. The molecule has 2 aromatic carbocycles. The van der Waals surface area contributed by atoms with Crippen molar-refractivity contribution < 1.29 is 9.18 Å². The topological polar surface area (TPSA) is 54.0 Å². The van der Waals surface area contributed by atoms with E-state index in [0.717, 1.165) is 5.69 Å². The summed E-state index contributed by atoms with van der Waals surface area (Å²) >= 11 is 0. The molecule has 1 aromatic heterocycles. The summed E-state index contributed by atoms with van der Waals surface area (Å²) < 4.78 is 13.2. The van der Waals surface area contributed by atoms with Crippen molar-refractivity contribution in [1.82, 2.24) is 4.98 Å². The summed E-state index contributed by atoms with van der Waals surface area (Å²) in [6.45, 7) is 4.31. The molecule has 0 fully saturated rings. The van der Waals surface area contributed by atoms with E-state index in [-0.39, 0.29) is 11.5 Å². The molecule has 1 amide bonds. The van der Waals surface area contributed by atoms with Crippen molar-refractivity contribution in [3.8, 4) is 0 Å². The number of hydrogen-bond donors (Lipinski definition) is 2. The van der Waals surface area contributed by atoms with E-state index < -0.39 is 5.82 Å². The maximum absolute atomic E-state index is 13.2. The molecule has 4 nitrogen and oxygen atoms in total. The van der Waals surface area contributed by atoms with Crippen LogP contribution in [-0.4, -0.2) is 10.9 Å². The molecule has 0 spiro atoms. The Balaban J connectivity index is 1.64. The third-order valence-corrected chi connectivity index (χ3v) is 3.96. The minimum Gasteiger partial charge on any atom is -0.340 e. The molecule has 0 saturated heterocycles. The Morgan fingerprint density at radius 1 is 1.00 bits per heavy atom.